The van der Waals surface area contributed by atoms with Crippen LogP contribution in [0.1, 0.15) is 71.8 Å². The van der Waals surface area contributed by atoms with E-state index in [0.717, 1.165) is 57.3 Å². The van der Waals surface area contributed by atoms with E-state index in [9.17, 15) is 15.0 Å². The van der Waals surface area contributed by atoms with Crippen LogP contribution in [0.5, 0.6) is 0 Å². The van der Waals surface area contributed by atoms with Crippen molar-refractivity contribution in [1.29, 1.82) is 0 Å². The molecule has 0 spiro atoms. The number of ether oxygens (including phenoxy) is 1. The maximum absolute atomic E-state index is 12.0. The van der Waals surface area contributed by atoms with Crippen LogP contribution < -0.4 is 5.32 Å². The van der Waals surface area contributed by atoms with Crippen LogP contribution in [0.2, 0.25) is 0 Å². The number of aliphatic hydroxyl groups is 2. The molecule has 3 N–H and O–H groups in total. The van der Waals surface area contributed by atoms with Crippen molar-refractivity contribution in [2.24, 2.45) is 0 Å². The molecule has 2 atom stereocenters. The van der Waals surface area contributed by atoms with E-state index in [4.69, 9.17) is 4.74 Å². The van der Waals surface area contributed by atoms with Gasteiger partial charge in [-0.1, -0.05) is 45.2 Å². The summed E-state index contributed by atoms with van der Waals surface area (Å²) in [4.78, 5) is 13.7. The average molecular weight is 425 g/mol. The highest BCUT2D eigenvalue weighted by Crippen LogP contribution is 2.13. The highest BCUT2D eigenvalue weighted by Gasteiger charge is 2.18. The minimum Gasteiger partial charge on any atom is -0.445 e. The Morgan fingerprint density at radius 3 is 2.30 bits per heavy atom. The molecule has 1 aromatic carbocycles. The molecule has 6 heteroatoms. The summed E-state index contributed by atoms with van der Waals surface area (Å²) in [6.45, 7) is 3.72. The molecule has 0 saturated carbocycles. The monoisotopic (exact) mass is 424 g/mol. The Kier molecular flexibility index (Phi) is 16.2. The zero-order valence-corrected chi connectivity index (χ0v) is 16.9. The second-order valence-electron chi connectivity index (χ2n) is 7.65. The third-order valence-corrected chi connectivity index (χ3v) is 5.21. The Morgan fingerprint density at radius 1 is 0.900 bits per heavy atom. The Balaban J connectivity index is 0.000000652. The Bertz CT molecular complexity index is 533. The van der Waals surface area contributed by atoms with Crippen LogP contribution in [0.25, 0.3) is 0 Å². The lowest BCUT2D eigenvalue weighted by Gasteiger charge is -2.26. The third-order valence-electron chi connectivity index (χ3n) is 5.21. The first kappa shape index (κ1) is 28.4. The van der Waals surface area contributed by atoms with Crippen molar-refractivity contribution in [3.05, 3.63) is 35.9 Å². The van der Waals surface area contributed by atoms with E-state index >= 15 is 0 Å². The van der Waals surface area contributed by atoms with Gasteiger partial charge in [-0.2, -0.15) is 0 Å². The van der Waals surface area contributed by atoms with Crippen LogP contribution in [-0.2, 0) is 11.3 Å². The summed E-state index contributed by atoms with van der Waals surface area (Å²) in [5.74, 6) is 0. The Morgan fingerprint density at radius 2 is 1.57 bits per heavy atom. The topological polar surface area (TPSA) is 82.0 Å². The van der Waals surface area contributed by atoms with E-state index in [1.807, 2.05) is 30.3 Å². The van der Waals surface area contributed by atoms with Gasteiger partial charge in [0.15, 0.2) is 0 Å². The SMILES string of the molecule is C.C.O=C(OCc1ccccc1)N1CCCCC(O)CC1.OC1CCCCNCC1. The fraction of sp³-hybridized carbons (Fsp3) is 0.708. The minimum atomic E-state index is -0.287. The Hall–Kier alpha value is -1.63. The van der Waals surface area contributed by atoms with Crippen molar-refractivity contribution in [1.82, 2.24) is 10.2 Å². The van der Waals surface area contributed by atoms with Crippen LogP contribution in [0.4, 0.5) is 4.79 Å². The number of rotatable bonds is 2. The van der Waals surface area contributed by atoms with E-state index in [-0.39, 0.29) is 33.2 Å². The van der Waals surface area contributed by atoms with Gasteiger partial charge in [-0.3, -0.25) is 0 Å². The summed E-state index contributed by atoms with van der Waals surface area (Å²) in [6, 6.07) is 9.66. The van der Waals surface area contributed by atoms with Crippen molar-refractivity contribution in [3.63, 3.8) is 0 Å². The molecule has 6 nitrogen and oxygen atoms in total. The number of carbonyl (C=O) groups is 1. The highest BCUT2D eigenvalue weighted by atomic mass is 16.6. The largest absolute Gasteiger partial charge is 0.445 e. The van der Waals surface area contributed by atoms with Crippen molar-refractivity contribution >= 4 is 6.09 Å². The van der Waals surface area contributed by atoms with Gasteiger partial charge >= 0.3 is 6.09 Å². The summed E-state index contributed by atoms with van der Waals surface area (Å²) in [6.07, 6.45) is 7.09. The molecule has 0 aliphatic carbocycles. The first-order valence-electron chi connectivity index (χ1n) is 10.7. The van der Waals surface area contributed by atoms with Crippen LogP contribution in [0.15, 0.2) is 30.3 Å². The maximum atomic E-state index is 12.0. The number of carbonyl (C=O) groups excluding carboxylic acids is 1. The number of aliphatic hydroxyl groups excluding tert-OH is 2. The molecule has 2 aliphatic rings. The van der Waals surface area contributed by atoms with Crippen molar-refractivity contribution < 1.29 is 19.7 Å². The van der Waals surface area contributed by atoms with Gasteiger partial charge in [-0.15, -0.1) is 0 Å². The Labute approximate surface area is 183 Å². The second-order valence-corrected chi connectivity index (χ2v) is 7.65. The molecule has 0 aromatic heterocycles. The lowest BCUT2D eigenvalue weighted by Crippen LogP contribution is -2.36. The quantitative estimate of drug-likeness (QED) is 0.658. The fourth-order valence-electron chi connectivity index (χ4n) is 3.40. The average Bonchev–Trinajstić information content (AvgIpc) is 2.67. The molecule has 1 aromatic rings. The predicted octanol–water partition coefficient (Wildman–Crippen LogP) is 4.34. The molecule has 3 rings (SSSR count). The number of hydrogen-bond donors (Lipinski definition) is 3. The first-order valence-corrected chi connectivity index (χ1v) is 10.7. The molecule has 2 fully saturated rings. The molecule has 0 bridgehead atoms. The third kappa shape index (κ3) is 12.2. The standard InChI is InChI=1S/C15H21NO3.C7H15NO.2CH4/c17-14-8-4-5-10-16(11-9-14)15(18)19-12-13-6-2-1-3-7-13;9-7-3-1-2-5-8-6-4-7;;/h1-3,6-7,14,17H,4-5,8-12H2;7-9H,1-6H2;2*1H4. The molecule has 2 saturated heterocycles. The summed E-state index contributed by atoms with van der Waals surface area (Å²) in [5.41, 5.74) is 0.989. The van der Waals surface area contributed by atoms with Gasteiger partial charge in [0.1, 0.15) is 6.61 Å². The van der Waals surface area contributed by atoms with E-state index in [1.165, 1.54) is 12.8 Å². The van der Waals surface area contributed by atoms with E-state index in [2.05, 4.69) is 5.32 Å². The molecule has 2 unspecified atom stereocenters. The number of nitrogens with zero attached hydrogens (tertiary/aromatic N) is 1. The summed E-state index contributed by atoms with van der Waals surface area (Å²) >= 11 is 0. The predicted molar refractivity (Wildman–Crippen MR) is 123 cm³/mol. The lowest BCUT2D eigenvalue weighted by molar-refractivity contribution is 0.0763. The molecule has 30 heavy (non-hydrogen) atoms. The molecule has 2 aliphatic heterocycles. The molecule has 0 radical (unpaired) electrons. The van der Waals surface area contributed by atoms with Gasteiger partial charge in [-0.05, 0) is 70.0 Å². The van der Waals surface area contributed by atoms with Crippen molar-refractivity contribution in [2.45, 2.75) is 85.0 Å². The van der Waals surface area contributed by atoms with E-state index in [1.54, 1.807) is 4.90 Å². The maximum Gasteiger partial charge on any atom is 0.410 e. The summed E-state index contributed by atoms with van der Waals surface area (Å²) in [5, 5.41) is 22.1. The second kappa shape index (κ2) is 17.1. The zero-order valence-electron chi connectivity index (χ0n) is 16.9. The lowest BCUT2D eigenvalue weighted by atomic mass is 10.1. The molecule has 1 amide bonds. The van der Waals surface area contributed by atoms with Crippen LogP contribution >= 0.6 is 0 Å². The van der Waals surface area contributed by atoms with Gasteiger partial charge in [0.05, 0.1) is 12.2 Å². The van der Waals surface area contributed by atoms with E-state index in [0.29, 0.717) is 19.6 Å². The van der Waals surface area contributed by atoms with E-state index < -0.39 is 0 Å². The normalized spacial score (nSPS) is 22.3. The summed E-state index contributed by atoms with van der Waals surface area (Å²) < 4.78 is 5.30. The minimum absolute atomic E-state index is 0. The molecular weight excluding hydrogens is 380 g/mol. The fourth-order valence-corrected chi connectivity index (χ4v) is 3.40. The molecular formula is C24H44N2O4. The number of nitrogens with one attached hydrogen (secondary N) is 1. The highest BCUT2D eigenvalue weighted by molar-refractivity contribution is 5.67. The van der Waals surface area contributed by atoms with Crippen LogP contribution in [-0.4, -0.2) is 59.6 Å². The summed E-state index contributed by atoms with van der Waals surface area (Å²) in [7, 11) is 0. The smallest absolute Gasteiger partial charge is 0.410 e. The number of benzene rings is 1. The van der Waals surface area contributed by atoms with Gasteiger partial charge in [0.25, 0.3) is 0 Å². The van der Waals surface area contributed by atoms with Gasteiger partial charge in [-0.25, -0.2) is 4.79 Å². The van der Waals surface area contributed by atoms with Crippen molar-refractivity contribution in [2.75, 3.05) is 26.2 Å². The van der Waals surface area contributed by atoms with Gasteiger partial charge in [0, 0.05) is 13.1 Å². The van der Waals surface area contributed by atoms with Crippen molar-refractivity contribution in [3.8, 4) is 0 Å². The van der Waals surface area contributed by atoms with Gasteiger partial charge in [0.2, 0.25) is 0 Å². The molecule has 174 valence electrons. The van der Waals surface area contributed by atoms with Crippen LogP contribution in [0, 0.1) is 0 Å². The first-order chi connectivity index (χ1) is 13.6. The number of hydrogen-bond acceptors (Lipinski definition) is 5. The number of amides is 1. The molecule has 2 heterocycles. The van der Waals surface area contributed by atoms with Crippen LogP contribution in [0.3, 0.4) is 0 Å². The van der Waals surface area contributed by atoms with Gasteiger partial charge < -0.3 is 25.2 Å². The zero-order chi connectivity index (χ0) is 20.0. The number of likely N-dealkylation sites (tertiary alicyclic amines) is 1.